The number of carboxylic acid groups (broad SMARTS) is 1. The molecule has 1 aliphatic rings. The molecule has 1 aromatic rings. The first-order chi connectivity index (χ1) is 29.2. The van der Waals surface area contributed by atoms with Gasteiger partial charge in [-0.15, -0.1) is 0 Å². The molecule has 1 aromatic carbocycles. The van der Waals surface area contributed by atoms with E-state index in [0.29, 0.717) is 57.3 Å². The van der Waals surface area contributed by atoms with Crippen LogP contribution in [0.5, 0.6) is 0 Å². The van der Waals surface area contributed by atoms with E-state index in [0.717, 1.165) is 25.7 Å². The maximum Gasteiger partial charge on any atom is 0.408 e. The number of rotatable bonds is 32. The fourth-order valence-corrected chi connectivity index (χ4v) is 6.38. The van der Waals surface area contributed by atoms with Crippen LogP contribution in [0.15, 0.2) is 30.3 Å². The predicted octanol–water partition coefficient (Wildman–Crippen LogP) is 6.69. The molecule has 61 heavy (non-hydrogen) atoms. The molecule has 2 rings (SSSR count). The van der Waals surface area contributed by atoms with Crippen LogP contribution >= 0.6 is 0 Å². The summed E-state index contributed by atoms with van der Waals surface area (Å²) in [6.07, 6.45) is -0.800. The molecule has 4 N–H and O–H groups in total. The van der Waals surface area contributed by atoms with E-state index >= 15 is 8.78 Å². The van der Waals surface area contributed by atoms with Crippen molar-refractivity contribution < 1.29 is 66.2 Å². The van der Waals surface area contributed by atoms with Crippen molar-refractivity contribution in [3.63, 3.8) is 0 Å². The average molecular weight is 874 g/mol. The Labute approximate surface area is 361 Å². The van der Waals surface area contributed by atoms with E-state index in [1.165, 1.54) is 13.8 Å². The molecule has 15 nitrogen and oxygen atoms in total. The Balaban J connectivity index is 2.76. The van der Waals surface area contributed by atoms with Crippen molar-refractivity contribution in [2.75, 3.05) is 39.6 Å². The van der Waals surface area contributed by atoms with Crippen molar-refractivity contribution in [2.45, 2.75) is 180 Å². The lowest BCUT2D eigenvalue weighted by molar-refractivity contribution is -0.435. The molecular formula is C44H73F2N3O12. The zero-order chi connectivity index (χ0) is 45.3. The Hall–Kier alpha value is -3.48. The number of carboxylic acids is 1. The Morgan fingerprint density at radius 1 is 0.738 bits per heavy atom. The number of unbranched alkanes of at least 4 members (excludes halogenated alkanes) is 5. The number of hydrogen-bond acceptors (Lipinski definition) is 11. The minimum absolute atomic E-state index is 0.0435. The number of halogens is 2. The van der Waals surface area contributed by atoms with Crippen molar-refractivity contribution in [1.82, 2.24) is 16.0 Å². The van der Waals surface area contributed by atoms with Crippen molar-refractivity contribution in [1.29, 1.82) is 0 Å². The van der Waals surface area contributed by atoms with Crippen LogP contribution in [-0.4, -0.2) is 123 Å². The number of alkyl halides is 2. The minimum atomic E-state index is -4.14. The van der Waals surface area contributed by atoms with Crippen LogP contribution in [-0.2, 0) is 54.1 Å². The topological polar surface area (TPSA) is 189 Å². The molecule has 1 heterocycles. The summed E-state index contributed by atoms with van der Waals surface area (Å²) in [6.45, 7) is 12.6. The van der Waals surface area contributed by atoms with Crippen LogP contribution < -0.4 is 16.0 Å². The van der Waals surface area contributed by atoms with Gasteiger partial charge in [0.25, 0.3) is 5.79 Å². The molecule has 1 unspecified atom stereocenters. The SMILES string of the molecule is CCCCOC[C@H]1O[C@@](OCCCC)(C(F)(F)CC(NC(=O)OCc2ccccc2)C(=O)N[C@@H](C)C(=O)N[C@@H](C)C(=O)O)[C@H](OCCCC)[C@@H](OCCCC)[C@H]1OCCCC. The monoisotopic (exact) mass is 874 g/mol. The molecule has 0 aromatic heterocycles. The number of carbonyl (C=O) groups is 4. The molecule has 0 saturated carbocycles. The van der Waals surface area contributed by atoms with Crippen LogP contribution in [0.25, 0.3) is 0 Å². The van der Waals surface area contributed by atoms with Gasteiger partial charge in [-0.05, 0) is 51.5 Å². The van der Waals surface area contributed by atoms with Gasteiger partial charge in [0.1, 0.15) is 49.1 Å². The summed E-state index contributed by atoms with van der Waals surface area (Å²) < 4.78 is 79.6. The Bertz CT molecular complexity index is 1410. The molecular weight excluding hydrogens is 800 g/mol. The van der Waals surface area contributed by atoms with Gasteiger partial charge in [-0.1, -0.05) is 97.1 Å². The smallest absolute Gasteiger partial charge is 0.408 e. The van der Waals surface area contributed by atoms with Crippen LogP contribution in [0.2, 0.25) is 0 Å². The Morgan fingerprint density at radius 2 is 1.28 bits per heavy atom. The third kappa shape index (κ3) is 17.7. The summed E-state index contributed by atoms with van der Waals surface area (Å²) in [5, 5.41) is 16.2. The lowest BCUT2D eigenvalue weighted by Crippen LogP contribution is -2.74. The first-order valence-corrected chi connectivity index (χ1v) is 22.1. The fourth-order valence-electron chi connectivity index (χ4n) is 6.38. The summed E-state index contributed by atoms with van der Waals surface area (Å²) in [4.78, 5) is 51.6. The van der Waals surface area contributed by atoms with Gasteiger partial charge in [-0.2, -0.15) is 0 Å². The molecule has 1 saturated heterocycles. The summed E-state index contributed by atoms with van der Waals surface area (Å²) in [7, 11) is 0. The van der Waals surface area contributed by atoms with Gasteiger partial charge in [-0.3, -0.25) is 14.4 Å². The Kier molecular flexibility index (Phi) is 25.5. The van der Waals surface area contributed by atoms with E-state index in [2.05, 4.69) is 16.0 Å². The van der Waals surface area contributed by atoms with Gasteiger partial charge in [0.15, 0.2) is 0 Å². The van der Waals surface area contributed by atoms with Gasteiger partial charge < -0.3 is 54.2 Å². The molecule has 0 radical (unpaired) electrons. The molecule has 17 heteroatoms. The van der Waals surface area contributed by atoms with E-state index in [9.17, 15) is 24.3 Å². The molecule has 1 aliphatic heterocycles. The highest BCUT2D eigenvalue weighted by Crippen LogP contribution is 2.48. The van der Waals surface area contributed by atoms with Gasteiger partial charge in [0, 0.05) is 32.8 Å². The summed E-state index contributed by atoms with van der Waals surface area (Å²) in [6, 6.07) is 3.86. The highest BCUT2D eigenvalue weighted by atomic mass is 19.3. The van der Waals surface area contributed by atoms with Gasteiger partial charge in [0.2, 0.25) is 11.8 Å². The predicted molar refractivity (Wildman–Crippen MR) is 224 cm³/mol. The average Bonchev–Trinajstić information content (AvgIpc) is 3.23. The molecule has 0 aliphatic carbocycles. The second-order valence-electron chi connectivity index (χ2n) is 15.4. The molecule has 1 fully saturated rings. The largest absolute Gasteiger partial charge is 0.480 e. The van der Waals surface area contributed by atoms with Gasteiger partial charge >= 0.3 is 18.0 Å². The quantitative estimate of drug-likeness (QED) is 0.0563. The molecule has 0 bridgehead atoms. The number of nitrogens with one attached hydrogen (secondary N) is 3. The highest BCUT2D eigenvalue weighted by molar-refractivity contribution is 5.92. The van der Waals surface area contributed by atoms with E-state index in [1.807, 2.05) is 34.6 Å². The summed E-state index contributed by atoms with van der Waals surface area (Å²) >= 11 is 0. The lowest BCUT2D eigenvalue weighted by atomic mass is 9.85. The Morgan fingerprint density at radius 3 is 1.87 bits per heavy atom. The van der Waals surface area contributed by atoms with E-state index in [-0.39, 0.29) is 33.0 Å². The van der Waals surface area contributed by atoms with Crippen LogP contribution in [0.1, 0.15) is 125 Å². The zero-order valence-electron chi connectivity index (χ0n) is 37.3. The van der Waals surface area contributed by atoms with Gasteiger partial charge in [0.05, 0.1) is 13.2 Å². The first kappa shape index (κ1) is 53.7. The summed E-state index contributed by atoms with van der Waals surface area (Å²) in [5.74, 6) is -10.5. The number of carbonyl (C=O) groups excluding carboxylic acids is 3. The van der Waals surface area contributed by atoms with Crippen LogP contribution in [0.3, 0.4) is 0 Å². The third-order valence-electron chi connectivity index (χ3n) is 10.1. The lowest BCUT2D eigenvalue weighted by Gasteiger charge is -2.54. The highest BCUT2D eigenvalue weighted by Gasteiger charge is 2.70. The summed E-state index contributed by atoms with van der Waals surface area (Å²) in [5.41, 5.74) is 0.602. The van der Waals surface area contributed by atoms with E-state index in [1.54, 1.807) is 30.3 Å². The number of alkyl carbamates (subject to hydrolysis) is 1. The first-order valence-electron chi connectivity index (χ1n) is 22.1. The second-order valence-corrected chi connectivity index (χ2v) is 15.4. The molecule has 3 amide bonds. The number of benzene rings is 1. The number of aliphatic carboxylic acids is 1. The zero-order valence-corrected chi connectivity index (χ0v) is 37.3. The fraction of sp³-hybridized carbons (Fsp3) is 0.773. The van der Waals surface area contributed by atoms with Crippen LogP contribution in [0, 0.1) is 0 Å². The maximum absolute atomic E-state index is 18.0. The minimum Gasteiger partial charge on any atom is -0.480 e. The van der Waals surface area contributed by atoms with E-state index in [4.69, 9.17) is 33.2 Å². The van der Waals surface area contributed by atoms with Crippen molar-refractivity contribution in [3.05, 3.63) is 35.9 Å². The normalized spacial score (nSPS) is 21.9. The van der Waals surface area contributed by atoms with Gasteiger partial charge in [-0.25, -0.2) is 13.6 Å². The van der Waals surface area contributed by atoms with Crippen LogP contribution in [0.4, 0.5) is 13.6 Å². The number of amides is 3. The van der Waals surface area contributed by atoms with Crippen molar-refractivity contribution in [3.8, 4) is 0 Å². The van der Waals surface area contributed by atoms with Crippen molar-refractivity contribution in [2.24, 2.45) is 0 Å². The number of hydrogen-bond donors (Lipinski definition) is 4. The second kappa shape index (κ2) is 29.0. The molecule has 0 spiro atoms. The van der Waals surface area contributed by atoms with E-state index < -0.39 is 84.5 Å². The third-order valence-corrected chi connectivity index (χ3v) is 10.1. The number of ether oxygens (including phenoxy) is 7. The maximum atomic E-state index is 18.0. The standard InChI is InChI=1S/C44H73F2N3O12/c1-8-13-23-55-30-35-36(56-24-14-9-2)37(57-25-15-10-3)38(58-26-16-11-4)44(61-35,60-27-17-12-5)43(45,46)28-34(49-42(54)59-29-33-21-19-18-20-22-33)40(51)47-31(6)39(50)48-32(7)41(52)53/h18-22,31-32,34-38H,8-17,23-30H2,1-7H3,(H,47,51)(H,48,50)(H,49,54)(H,52,53)/t31-,32-,34?,35+,36-,37-,38+,44+/m0/s1. The molecule has 350 valence electrons. The molecule has 8 atom stereocenters. The van der Waals surface area contributed by atoms with Crippen molar-refractivity contribution >= 4 is 23.9 Å².